The quantitative estimate of drug-likeness (QED) is 0.465. The van der Waals surface area contributed by atoms with Crippen LogP contribution < -0.4 is 15.4 Å². The van der Waals surface area contributed by atoms with Gasteiger partial charge in [0, 0.05) is 25.3 Å². The molecule has 32 heavy (non-hydrogen) atoms. The third-order valence-corrected chi connectivity index (χ3v) is 4.86. The molecule has 6 nitrogen and oxygen atoms in total. The molecule has 166 valence electrons. The number of para-hydroxylation sites is 2. The first-order valence-corrected chi connectivity index (χ1v) is 10.6. The van der Waals surface area contributed by atoms with Gasteiger partial charge in [0.15, 0.2) is 0 Å². The van der Waals surface area contributed by atoms with Crippen LogP contribution in [0.25, 0.3) is 0 Å². The molecule has 3 aromatic carbocycles. The first-order valence-electron chi connectivity index (χ1n) is 10.6. The summed E-state index contributed by atoms with van der Waals surface area (Å²) in [6.45, 7) is 0.668. The number of hydrogen-bond acceptors (Lipinski definition) is 4. The molecule has 0 bridgehead atoms. The number of rotatable bonds is 10. The minimum Gasteiger partial charge on any atom is -0.491 e. The summed E-state index contributed by atoms with van der Waals surface area (Å²) in [5.74, 6) is 0.411. The Labute approximate surface area is 189 Å². The fraction of sp³-hybridized carbons (Fsp3) is 0.231. The minimum absolute atomic E-state index is 0.0605. The van der Waals surface area contributed by atoms with Crippen molar-refractivity contribution in [1.29, 1.82) is 0 Å². The molecule has 0 radical (unpaired) electrons. The lowest BCUT2D eigenvalue weighted by atomic mass is 10.1. The molecule has 0 heterocycles. The van der Waals surface area contributed by atoms with E-state index in [2.05, 4.69) is 22.8 Å². The molecule has 0 aromatic heterocycles. The zero-order chi connectivity index (χ0) is 22.8. The predicted molar refractivity (Wildman–Crippen MR) is 128 cm³/mol. The Morgan fingerprint density at radius 2 is 1.56 bits per heavy atom. The Morgan fingerprint density at radius 1 is 0.875 bits per heavy atom. The topological polar surface area (TPSA) is 70.7 Å². The van der Waals surface area contributed by atoms with E-state index >= 15 is 0 Å². The van der Waals surface area contributed by atoms with E-state index in [1.165, 1.54) is 10.5 Å². The summed E-state index contributed by atoms with van der Waals surface area (Å²) in [5.41, 5.74) is 3.29. The zero-order valence-electron chi connectivity index (χ0n) is 18.5. The standard InChI is InChI=1S/C26H29N3O3/c1-29(2)26(31)21-14-16-22(17-15-21)27-19-25(30)28-23-12-6-7-13-24(23)32-18-8-11-20-9-4-3-5-10-20/h3-7,9-10,12-17,27H,8,11,18-19H2,1-2H3,(H,28,30). The monoisotopic (exact) mass is 431 g/mol. The van der Waals surface area contributed by atoms with E-state index in [0.717, 1.165) is 18.5 Å². The van der Waals surface area contributed by atoms with Gasteiger partial charge < -0.3 is 20.3 Å². The van der Waals surface area contributed by atoms with Gasteiger partial charge in [-0.15, -0.1) is 0 Å². The third kappa shape index (κ3) is 6.87. The van der Waals surface area contributed by atoms with Crippen molar-refractivity contribution in [3.8, 4) is 5.75 Å². The van der Waals surface area contributed by atoms with E-state index < -0.39 is 0 Å². The number of carbonyl (C=O) groups is 2. The molecule has 3 rings (SSSR count). The molecule has 0 atom stereocenters. The van der Waals surface area contributed by atoms with Crippen LogP contribution in [0.5, 0.6) is 5.75 Å². The summed E-state index contributed by atoms with van der Waals surface area (Å²) in [5, 5.41) is 5.97. The maximum absolute atomic E-state index is 12.4. The number of anilines is 2. The lowest BCUT2D eigenvalue weighted by molar-refractivity contribution is -0.114. The highest BCUT2D eigenvalue weighted by molar-refractivity contribution is 5.96. The SMILES string of the molecule is CN(C)C(=O)c1ccc(NCC(=O)Nc2ccccc2OCCCc2ccccc2)cc1. The van der Waals surface area contributed by atoms with Crippen molar-refractivity contribution in [3.05, 3.63) is 90.0 Å². The molecule has 6 heteroatoms. The predicted octanol–water partition coefficient (Wildman–Crippen LogP) is 4.45. The molecule has 2 N–H and O–H groups in total. The van der Waals surface area contributed by atoms with Gasteiger partial charge in [-0.05, 0) is 54.8 Å². The summed E-state index contributed by atoms with van der Waals surface area (Å²) in [4.78, 5) is 25.9. The fourth-order valence-electron chi connectivity index (χ4n) is 3.16. The van der Waals surface area contributed by atoms with Gasteiger partial charge in [0.25, 0.3) is 5.91 Å². The van der Waals surface area contributed by atoms with Crippen LogP contribution in [0.4, 0.5) is 11.4 Å². The second kappa shape index (κ2) is 11.6. The average molecular weight is 432 g/mol. The lowest BCUT2D eigenvalue weighted by Gasteiger charge is -2.13. The van der Waals surface area contributed by atoms with Gasteiger partial charge in [-0.3, -0.25) is 9.59 Å². The van der Waals surface area contributed by atoms with Crippen LogP contribution in [0.1, 0.15) is 22.3 Å². The highest BCUT2D eigenvalue weighted by atomic mass is 16.5. The van der Waals surface area contributed by atoms with Crippen LogP contribution >= 0.6 is 0 Å². The molecule has 0 saturated heterocycles. The second-order valence-corrected chi connectivity index (χ2v) is 7.61. The number of aryl methyl sites for hydroxylation is 1. The normalized spacial score (nSPS) is 10.3. The van der Waals surface area contributed by atoms with E-state index in [1.807, 2.05) is 42.5 Å². The van der Waals surface area contributed by atoms with Gasteiger partial charge in [0.1, 0.15) is 5.75 Å². The van der Waals surface area contributed by atoms with Crippen molar-refractivity contribution in [2.45, 2.75) is 12.8 Å². The summed E-state index contributed by atoms with van der Waals surface area (Å²) < 4.78 is 5.91. The maximum Gasteiger partial charge on any atom is 0.253 e. The average Bonchev–Trinajstić information content (AvgIpc) is 2.82. The van der Waals surface area contributed by atoms with Gasteiger partial charge in [0.2, 0.25) is 5.91 Å². The number of benzene rings is 3. The van der Waals surface area contributed by atoms with E-state index in [9.17, 15) is 9.59 Å². The van der Waals surface area contributed by atoms with E-state index in [1.54, 1.807) is 38.4 Å². The Kier molecular flexibility index (Phi) is 8.26. The smallest absolute Gasteiger partial charge is 0.253 e. The molecule has 0 aliphatic carbocycles. The van der Waals surface area contributed by atoms with Crippen molar-refractivity contribution in [2.24, 2.45) is 0 Å². The molecule has 0 fully saturated rings. The van der Waals surface area contributed by atoms with Crippen molar-refractivity contribution >= 4 is 23.2 Å². The number of nitrogens with one attached hydrogen (secondary N) is 2. The van der Waals surface area contributed by atoms with Gasteiger partial charge in [-0.2, -0.15) is 0 Å². The van der Waals surface area contributed by atoms with Crippen LogP contribution in [0, 0.1) is 0 Å². The Bertz CT molecular complexity index is 1020. The number of carbonyl (C=O) groups excluding carboxylic acids is 2. The van der Waals surface area contributed by atoms with Gasteiger partial charge >= 0.3 is 0 Å². The van der Waals surface area contributed by atoms with Gasteiger partial charge in [-0.25, -0.2) is 0 Å². The van der Waals surface area contributed by atoms with Crippen molar-refractivity contribution < 1.29 is 14.3 Å². The van der Waals surface area contributed by atoms with E-state index in [0.29, 0.717) is 23.6 Å². The number of amides is 2. The molecule has 0 aliphatic heterocycles. The fourth-order valence-corrected chi connectivity index (χ4v) is 3.16. The number of ether oxygens (including phenoxy) is 1. The van der Waals surface area contributed by atoms with Gasteiger partial charge in [-0.1, -0.05) is 42.5 Å². The first kappa shape index (κ1) is 22.9. The van der Waals surface area contributed by atoms with Crippen LogP contribution in [0.2, 0.25) is 0 Å². The largest absolute Gasteiger partial charge is 0.491 e. The van der Waals surface area contributed by atoms with Crippen molar-refractivity contribution in [2.75, 3.05) is 37.9 Å². The van der Waals surface area contributed by atoms with E-state index in [-0.39, 0.29) is 18.4 Å². The van der Waals surface area contributed by atoms with Crippen molar-refractivity contribution in [1.82, 2.24) is 4.90 Å². The summed E-state index contributed by atoms with van der Waals surface area (Å²) in [7, 11) is 3.42. The second-order valence-electron chi connectivity index (χ2n) is 7.61. The van der Waals surface area contributed by atoms with E-state index in [4.69, 9.17) is 4.74 Å². The third-order valence-electron chi connectivity index (χ3n) is 4.86. The van der Waals surface area contributed by atoms with Crippen molar-refractivity contribution in [3.63, 3.8) is 0 Å². The van der Waals surface area contributed by atoms with Crippen LogP contribution in [-0.2, 0) is 11.2 Å². The first-order chi connectivity index (χ1) is 15.5. The maximum atomic E-state index is 12.4. The molecular formula is C26H29N3O3. The summed E-state index contributed by atoms with van der Waals surface area (Å²) in [6, 6.07) is 24.8. The molecule has 0 aliphatic rings. The highest BCUT2D eigenvalue weighted by Crippen LogP contribution is 2.24. The number of hydrogen-bond donors (Lipinski definition) is 2. The zero-order valence-corrected chi connectivity index (χ0v) is 18.5. The molecule has 0 unspecified atom stereocenters. The van der Waals surface area contributed by atoms with Crippen LogP contribution in [0.3, 0.4) is 0 Å². The Balaban J connectivity index is 1.47. The molecule has 3 aromatic rings. The Hall–Kier alpha value is -3.80. The summed E-state index contributed by atoms with van der Waals surface area (Å²) in [6.07, 6.45) is 1.83. The van der Waals surface area contributed by atoms with Crippen LogP contribution in [-0.4, -0.2) is 44.0 Å². The van der Waals surface area contributed by atoms with Crippen LogP contribution in [0.15, 0.2) is 78.9 Å². The lowest BCUT2D eigenvalue weighted by Crippen LogP contribution is -2.23. The molecule has 2 amide bonds. The summed E-state index contributed by atoms with van der Waals surface area (Å²) >= 11 is 0. The molecule has 0 saturated carbocycles. The highest BCUT2D eigenvalue weighted by Gasteiger charge is 2.09. The Morgan fingerprint density at radius 3 is 2.28 bits per heavy atom. The van der Waals surface area contributed by atoms with Gasteiger partial charge in [0.05, 0.1) is 18.8 Å². The number of nitrogens with zero attached hydrogens (tertiary/aromatic N) is 1. The minimum atomic E-state index is -0.182. The molecule has 0 spiro atoms. The molecular weight excluding hydrogens is 402 g/mol.